The van der Waals surface area contributed by atoms with Gasteiger partial charge in [-0.15, -0.1) is 0 Å². The first-order chi connectivity index (χ1) is 12.1. The number of carbonyl (C=O) groups is 1. The molecule has 25 heavy (non-hydrogen) atoms. The number of nitrogens with one attached hydrogen (secondary N) is 2. The van der Waals surface area contributed by atoms with Gasteiger partial charge in [-0.25, -0.2) is 0 Å². The summed E-state index contributed by atoms with van der Waals surface area (Å²) in [5.41, 5.74) is 0.993. The van der Waals surface area contributed by atoms with Gasteiger partial charge in [-0.3, -0.25) is 9.79 Å². The molecule has 0 spiro atoms. The zero-order valence-corrected chi connectivity index (χ0v) is 15.6. The number of rotatable bonds is 6. The Morgan fingerprint density at radius 3 is 2.92 bits per heavy atom. The molecule has 1 aromatic rings. The minimum Gasteiger partial charge on any atom is -0.495 e. The Morgan fingerprint density at radius 2 is 2.24 bits per heavy atom. The molecule has 0 aromatic heterocycles. The van der Waals surface area contributed by atoms with Crippen LogP contribution in [-0.2, 0) is 9.53 Å². The first-order valence-electron chi connectivity index (χ1n) is 8.20. The quantitative estimate of drug-likeness (QED) is 0.452. The Labute approximate surface area is 153 Å². The second kappa shape index (κ2) is 9.36. The lowest BCUT2D eigenvalue weighted by Gasteiger charge is -2.22. The fourth-order valence-corrected chi connectivity index (χ4v) is 2.95. The van der Waals surface area contributed by atoms with Crippen molar-refractivity contribution < 1.29 is 14.3 Å². The fourth-order valence-electron chi connectivity index (χ4n) is 2.78. The van der Waals surface area contributed by atoms with E-state index >= 15 is 0 Å². The molecular formula is C17H25ClN4O3. The third-order valence-electron chi connectivity index (χ3n) is 4.08. The Bertz CT molecular complexity index is 624. The van der Waals surface area contributed by atoms with Crippen molar-refractivity contribution in [2.24, 2.45) is 4.99 Å². The minimum atomic E-state index is -0.247. The number of nitrogens with zero attached hydrogens (tertiary/aromatic N) is 2. The van der Waals surface area contributed by atoms with E-state index in [4.69, 9.17) is 16.3 Å². The molecule has 1 fully saturated rings. The van der Waals surface area contributed by atoms with Crippen LogP contribution in [-0.4, -0.2) is 58.9 Å². The first-order valence-corrected chi connectivity index (χ1v) is 8.57. The number of guanidine groups is 1. The van der Waals surface area contributed by atoms with Crippen molar-refractivity contribution in [1.82, 2.24) is 10.6 Å². The summed E-state index contributed by atoms with van der Waals surface area (Å²) in [6, 6.07) is 5.87. The molecule has 1 unspecified atom stereocenters. The van der Waals surface area contributed by atoms with Crippen LogP contribution in [0.1, 0.15) is 12.8 Å². The molecule has 2 N–H and O–H groups in total. The van der Waals surface area contributed by atoms with E-state index in [9.17, 15) is 4.79 Å². The number of halogens is 1. The van der Waals surface area contributed by atoms with E-state index in [1.807, 2.05) is 18.2 Å². The van der Waals surface area contributed by atoms with Gasteiger partial charge in [0.2, 0.25) is 0 Å². The Kier molecular flexibility index (Phi) is 7.18. The van der Waals surface area contributed by atoms with Crippen LogP contribution >= 0.6 is 11.6 Å². The summed E-state index contributed by atoms with van der Waals surface area (Å²) in [6.07, 6.45) is 1.26. The monoisotopic (exact) mass is 368 g/mol. The van der Waals surface area contributed by atoms with Crippen LogP contribution in [0.2, 0.25) is 5.02 Å². The number of benzene rings is 1. The zero-order valence-electron chi connectivity index (χ0n) is 14.8. The predicted molar refractivity (Wildman–Crippen MR) is 99.8 cm³/mol. The smallest absolute Gasteiger partial charge is 0.307 e. The number of anilines is 1. The number of hydrogen-bond acceptors (Lipinski definition) is 5. The Morgan fingerprint density at radius 1 is 1.44 bits per heavy atom. The van der Waals surface area contributed by atoms with Gasteiger partial charge in [0.05, 0.1) is 26.3 Å². The normalized spacial score (nSPS) is 17.4. The van der Waals surface area contributed by atoms with Crippen LogP contribution in [0, 0.1) is 0 Å². The highest BCUT2D eigenvalue weighted by Gasteiger charge is 2.25. The molecular weight excluding hydrogens is 344 g/mol. The highest BCUT2D eigenvalue weighted by molar-refractivity contribution is 6.30. The van der Waals surface area contributed by atoms with Crippen molar-refractivity contribution in [2.75, 3.05) is 45.8 Å². The molecule has 2 rings (SSSR count). The van der Waals surface area contributed by atoms with E-state index in [0.717, 1.165) is 30.9 Å². The van der Waals surface area contributed by atoms with Crippen LogP contribution in [0.4, 0.5) is 5.69 Å². The van der Waals surface area contributed by atoms with E-state index in [1.165, 1.54) is 7.11 Å². The zero-order chi connectivity index (χ0) is 18.2. The maximum atomic E-state index is 11.2. The third-order valence-corrected chi connectivity index (χ3v) is 4.32. The van der Waals surface area contributed by atoms with E-state index in [2.05, 4.69) is 25.3 Å². The summed E-state index contributed by atoms with van der Waals surface area (Å²) in [4.78, 5) is 17.6. The molecule has 0 saturated carbocycles. The third kappa shape index (κ3) is 5.42. The number of carbonyl (C=O) groups excluding carboxylic acids is 1. The Hall–Kier alpha value is -2.15. The summed E-state index contributed by atoms with van der Waals surface area (Å²) in [5.74, 6) is 1.24. The summed E-state index contributed by atoms with van der Waals surface area (Å²) < 4.78 is 10.1. The van der Waals surface area contributed by atoms with Gasteiger partial charge in [0.1, 0.15) is 5.75 Å². The van der Waals surface area contributed by atoms with Crippen molar-refractivity contribution in [2.45, 2.75) is 18.9 Å². The molecule has 1 atom stereocenters. The van der Waals surface area contributed by atoms with Gasteiger partial charge in [-0.2, -0.15) is 0 Å². The van der Waals surface area contributed by atoms with E-state index in [0.29, 0.717) is 23.9 Å². The van der Waals surface area contributed by atoms with Gasteiger partial charge < -0.3 is 25.0 Å². The van der Waals surface area contributed by atoms with Gasteiger partial charge in [0.15, 0.2) is 5.96 Å². The molecule has 8 heteroatoms. The molecule has 1 aliphatic heterocycles. The predicted octanol–water partition coefficient (Wildman–Crippen LogP) is 1.66. The topological polar surface area (TPSA) is 75.2 Å². The van der Waals surface area contributed by atoms with E-state index < -0.39 is 0 Å². The van der Waals surface area contributed by atoms with Crippen LogP contribution in [0.5, 0.6) is 5.75 Å². The second-order valence-electron chi connectivity index (χ2n) is 5.72. The molecule has 1 aliphatic rings. The van der Waals surface area contributed by atoms with Gasteiger partial charge >= 0.3 is 5.97 Å². The van der Waals surface area contributed by atoms with E-state index in [-0.39, 0.29) is 12.0 Å². The fraction of sp³-hybridized carbons (Fsp3) is 0.529. The van der Waals surface area contributed by atoms with Crippen LogP contribution in [0.25, 0.3) is 0 Å². The first kappa shape index (κ1) is 19.2. The molecule has 138 valence electrons. The summed E-state index contributed by atoms with van der Waals surface area (Å²) in [5, 5.41) is 7.19. The molecule has 7 nitrogen and oxygen atoms in total. The number of methoxy groups -OCH3 is 2. The lowest BCUT2D eigenvalue weighted by Crippen LogP contribution is -2.45. The molecule has 1 saturated heterocycles. The average Bonchev–Trinajstić information content (AvgIpc) is 3.08. The second-order valence-corrected chi connectivity index (χ2v) is 6.15. The standard InChI is InChI=1S/C17H25ClN4O3/c1-19-17(20-8-6-16(23)25-3)21-13-7-9-22(11-13)14-10-12(18)4-5-15(14)24-2/h4-5,10,13H,6-9,11H2,1-3H3,(H2,19,20,21). The number of hydrogen-bond donors (Lipinski definition) is 2. The highest BCUT2D eigenvalue weighted by Crippen LogP contribution is 2.33. The number of esters is 1. The van der Waals surface area contributed by atoms with Crippen LogP contribution < -0.4 is 20.3 Å². The maximum absolute atomic E-state index is 11.2. The molecule has 0 radical (unpaired) electrons. The highest BCUT2D eigenvalue weighted by atomic mass is 35.5. The molecule has 1 aromatic carbocycles. The lowest BCUT2D eigenvalue weighted by molar-refractivity contribution is -0.140. The molecule has 0 bridgehead atoms. The largest absolute Gasteiger partial charge is 0.495 e. The average molecular weight is 369 g/mol. The van der Waals surface area contributed by atoms with Crippen molar-refractivity contribution >= 4 is 29.2 Å². The molecule has 1 heterocycles. The van der Waals surface area contributed by atoms with Gasteiger partial charge in [-0.05, 0) is 24.6 Å². The van der Waals surface area contributed by atoms with Gasteiger partial charge in [0, 0.05) is 37.7 Å². The van der Waals surface area contributed by atoms with Crippen molar-refractivity contribution in [1.29, 1.82) is 0 Å². The van der Waals surface area contributed by atoms with Crippen molar-refractivity contribution in [3.05, 3.63) is 23.2 Å². The summed E-state index contributed by atoms with van der Waals surface area (Å²) in [6.45, 7) is 2.19. The number of aliphatic imine (C=N–C) groups is 1. The van der Waals surface area contributed by atoms with Crippen molar-refractivity contribution in [3.8, 4) is 5.75 Å². The van der Waals surface area contributed by atoms with Gasteiger partial charge in [0.25, 0.3) is 0 Å². The maximum Gasteiger partial charge on any atom is 0.307 e. The molecule has 0 aliphatic carbocycles. The van der Waals surface area contributed by atoms with Crippen molar-refractivity contribution in [3.63, 3.8) is 0 Å². The SMILES string of the molecule is CN=C(NCCC(=O)OC)NC1CCN(c2cc(Cl)ccc2OC)C1. The van der Waals surface area contributed by atoms with Crippen LogP contribution in [0.15, 0.2) is 23.2 Å². The van der Waals surface area contributed by atoms with Crippen LogP contribution in [0.3, 0.4) is 0 Å². The minimum absolute atomic E-state index is 0.244. The lowest BCUT2D eigenvalue weighted by atomic mass is 10.2. The summed E-state index contributed by atoms with van der Waals surface area (Å²) in [7, 11) is 4.75. The van der Waals surface area contributed by atoms with E-state index in [1.54, 1.807) is 14.2 Å². The van der Waals surface area contributed by atoms with Gasteiger partial charge in [-0.1, -0.05) is 11.6 Å². The Balaban J connectivity index is 1.89. The summed E-state index contributed by atoms with van der Waals surface area (Å²) >= 11 is 6.13. The number of ether oxygens (including phenoxy) is 2. The molecule has 0 amide bonds.